The number of carbonyl (C=O) groups is 1. The Morgan fingerprint density at radius 2 is 1.49 bits per heavy atom. The van der Waals surface area contributed by atoms with E-state index in [2.05, 4.69) is 81.4 Å². The first kappa shape index (κ1) is 29.4. The van der Waals surface area contributed by atoms with Crippen molar-refractivity contribution in [1.29, 1.82) is 0 Å². The third kappa shape index (κ3) is 7.02. The van der Waals surface area contributed by atoms with Gasteiger partial charge in [0.25, 0.3) is 8.32 Å². The highest BCUT2D eigenvalue weighted by molar-refractivity contribution is 6.99. The molecule has 0 unspecified atom stereocenters. The van der Waals surface area contributed by atoms with Crippen molar-refractivity contribution in [2.75, 3.05) is 26.4 Å². The minimum atomic E-state index is -2.55. The van der Waals surface area contributed by atoms with E-state index in [9.17, 15) is 4.79 Å². The molecule has 1 fully saturated rings. The van der Waals surface area contributed by atoms with E-state index in [1.165, 1.54) is 10.4 Å². The Balaban J connectivity index is 1.63. The van der Waals surface area contributed by atoms with Crippen molar-refractivity contribution >= 4 is 24.8 Å². The summed E-state index contributed by atoms with van der Waals surface area (Å²) in [7, 11) is -2.55. The van der Waals surface area contributed by atoms with E-state index >= 15 is 0 Å². The molecule has 0 N–H and O–H groups in total. The van der Waals surface area contributed by atoms with E-state index in [0.29, 0.717) is 26.4 Å². The Bertz CT molecular complexity index is 959. The van der Waals surface area contributed by atoms with Gasteiger partial charge in [0.1, 0.15) is 11.3 Å². The Hall–Kier alpha value is -2.19. The van der Waals surface area contributed by atoms with Crippen molar-refractivity contribution in [2.24, 2.45) is 0 Å². The minimum Gasteiger partial charge on any atom is -0.444 e. The molecule has 204 valence electrons. The maximum absolute atomic E-state index is 12.8. The van der Waals surface area contributed by atoms with Crippen LogP contribution in [0.3, 0.4) is 0 Å². The molecule has 1 aliphatic rings. The molecule has 7 heteroatoms. The zero-order valence-corrected chi connectivity index (χ0v) is 24.9. The summed E-state index contributed by atoms with van der Waals surface area (Å²) in [6.07, 6.45) is 0.382. The van der Waals surface area contributed by atoms with Crippen LogP contribution in [-0.2, 0) is 18.6 Å². The lowest BCUT2D eigenvalue weighted by Gasteiger charge is -2.43. The number of nitrogens with zero attached hydrogens (tertiary/aromatic N) is 1. The molecule has 0 aliphatic carbocycles. The highest BCUT2D eigenvalue weighted by Gasteiger charge is 2.50. The van der Waals surface area contributed by atoms with E-state index in [1.54, 1.807) is 4.90 Å². The maximum Gasteiger partial charge on any atom is 0.412 e. The third-order valence-electron chi connectivity index (χ3n) is 6.64. The average molecular weight is 528 g/mol. The maximum atomic E-state index is 12.8. The van der Waals surface area contributed by atoms with Gasteiger partial charge in [0, 0.05) is 13.2 Å². The second-order valence-corrected chi connectivity index (χ2v) is 16.5. The zero-order chi connectivity index (χ0) is 27.3. The predicted octanol–water partition coefficient (Wildman–Crippen LogP) is 5.34. The number of hydrogen-bond donors (Lipinski definition) is 0. The van der Waals surface area contributed by atoms with Crippen molar-refractivity contribution in [3.05, 3.63) is 60.7 Å². The van der Waals surface area contributed by atoms with Crippen LogP contribution in [0.5, 0.6) is 0 Å². The summed E-state index contributed by atoms with van der Waals surface area (Å²) < 4.78 is 24.5. The molecule has 0 radical (unpaired) electrons. The summed E-state index contributed by atoms with van der Waals surface area (Å²) in [4.78, 5) is 14.5. The topological polar surface area (TPSA) is 57.2 Å². The lowest BCUT2D eigenvalue weighted by molar-refractivity contribution is -0.0656. The molecule has 1 amide bonds. The fourth-order valence-electron chi connectivity index (χ4n) is 5.05. The highest BCUT2D eigenvalue weighted by atomic mass is 28.4. The minimum absolute atomic E-state index is 0.0583. The SMILES string of the molecule is CC(C)(C)OC(=O)N1[C@H](COCCCO[Si](c2ccccc2)(c2ccccc2)C(C)(C)C)COC1(C)C. The van der Waals surface area contributed by atoms with Crippen LogP contribution in [0.15, 0.2) is 60.7 Å². The predicted molar refractivity (Wildman–Crippen MR) is 151 cm³/mol. The summed E-state index contributed by atoms with van der Waals surface area (Å²) in [5.41, 5.74) is -1.30. The first-order valence-electron chi connectivity index (χ1n) is 13.3. The van der Waals surface area contributed by atoms with Gasteiger partial charge in [0.05, 0.1) is 19.3 Å². The van der Waals surface area contributed by atoms with Crippen LogP contribution < -0.4 is 10.4 Å². The van der Waals surface area contributed by atoms with Crippen LogP contribution in [0.4, 0.5) is 4.79 Å². The van der Waals surface area contributed by atoms with Gasteiger partial charge in [0.15, 0.2) is 0 Å². The molecule has 3 rings (SSSR count). The Morgan fingerprint density at radius 1 is 0.946 bits per heavy atom. The molecule has 6 nitrogen and oxygen atoms in total. The number of carbonyl (C=O) groups excluding carboxylic acids is 1. The summed E-state index contributed by atoms with van der Waals surface area (Å²) in [5.74, 6) is 0. The van der Waals surface area contributed by atoms with Crippen molar-refractivity contribution < 1.29 is 23.4 Å². The van der Waals surface area contributed by atoms with Crippen LogP contribution >= 0.6 is 0 Å². The number of amides is 1. The van der Waals surface area contributed by atoms with Gasteiger partial charge in [-0.25, -0.2) is 4.79 Å². The zero-order valence-electron chi connectivity index (χ0n) is 23.9. The fraction of sp³-hybridized carbons (Fsp3) is 0.567. The van der Waals surface area contributed by atoms with Gasteiger partial charge in [-0.2, -0.15) is 0 Å². The lowest BCUT2D eigenvalue weighted by Crippen LogP contribution is -2.66. The molecule has 1 saturated heterocycles. The summed E-state index contributed by atoms with van der Waals surface area (Å²) >= 11 is 0. The molecule has 1 heterocycles. The van der Waals surface area contributed by atoms with Crippen molar-refractivity contribution in [3.8, 4) is 0 Å². The van der Waals surface area contributed by atoms with Crippen LogP contribution in [0, 0.1) is 0 Å². The van der Waals surface area contributed by atoms with Gasteiger partial charge in [-0.05, 0) is 56.5 Å². The van der Waals surface area contributed by atoms with E-state index in [4.69, 9.17) is 18.6 Å². The third-order valence-corrected chi connectivity index (χ3v) is 11.7. The van der Waals surface area contributed by atoms with Crippen LogP contribution in [0.25, 0.3) is 0 Å². The molecule has 0 bridgehead atoms. The molecule has 2 aromatic rings. The fourth-order valence-corrected chi connectivity index (χ4v) is 9.66. The second kappa shape index (κ2) is 11.7. The Kier molecular flexibility index (Phi) is 9.27. The molecule has 0 aromatic heterocycles. The standard InChI is InChI=1S/C30H45NO5Si/c1-28(2,3)36-27(32)31-24(23-34-30(31,7)8)22-33-20-15-21-35-37(29(4,5)6,25-16-11-9-12-17-25)26-18-13-10-14-19-26/h9-14,16-19,24H,15,20-23H2,1-8H3/t24-/m1/s1. The van der Waals surface area contributed by atoms with E-state index in [-0.39, 0.29) is 17.2 Å². The van der Waals surface area contributed by atoms with E-state index < -0.39 is 19.6 Å². The first-order chi connectivity index (χ1) is 17.3. The van der Waals surface area contributed by atoms with Gasteiger partial charge in [-0.3, -0.25) is 4.90 Å². The normalized spacial score (nSPS) is 18.2. The van der Waals surface area contributed by atoms with Gasteiger partial charge in [0.2, 0.25) is 0 Å². The summed E-state index contributed by atoms with van der Waals surface area (Å²) in [6, 6.07) is 21.1. The van der Waals surface area contributed by atoms with Crippen LogP contribution in [0.2, 0.25) is 5.04 Å². The number of rotatable bonds is 9. The van der Waals surface area contributed by atoms with Crippen LogP contribution in [0.1, 0.15) is 61.8 Å². The van der Waals surface area contributed by atoms with E-state index in [0.717, 1.165) is 6.42 Å². The largest absolute Gasteiger partial charge is 0.444 e. The molecule has 37 heavy (non-hydrogen) atoms. The average Bonchev–Trinajstić information content (AvgIpc) is 3.12. The van der Waals surface area contributed by atoms with Gasteiger partial charge in [-0.15, -0.1) is 0 Å². The number of benzene rings is 2. The van der Waals surface area contributed by atoms with Crippen LogP contribution in [-0.4, -0.2) is 63.1 Å². The second-order valence-electron chi connectivity index (χ2n) is 12.2. The van der Waals surface area contributed by atoms with Crippen molar-refractivity contribution in [3.63, 3.8) is 0 Å². The van der Waals surface area contributed by atoms with Crippen molar-refractivity contribution in [2.45, 2.75) is 84.2 Å². The molecular weight excluding hydrogens is 482 g/mol. The molecular formula is C30H45NO5Si. The lowest BCUT2D eigenvalue weighted by atomic mass is 10.2. The van der Waals surface area contributed by atoms with Gasteiger partial charge in [-0.1, -0.05) is 81.4 Å². The molecule has 1 aliphatic heterocycles. The summed E-state index contributed by atoms with van der Waals surface area (Å²) in [5, 5.41) is 2.48. The summed E-state index contributed by atoms with van der Waals surface area (Å²) in [6.45, 7) is 18.2. The monoisotopic (exact) mass is 527 g/mol. The molecule has 2 aromatic carbocycles. The van der Waals surface area contributed by atoms with Crippen molar-refractivity contribution in [1.82, 2.24) is 4.90 Å². The smallest absolute Gasteiger partial charge is 0.412 e. The van der Waals surface area contributed by atoms with Gasteiger partial charge < -0.3 is 18.6 Å². The quantitative estimate of drug-likeness (QED) is 0.325. The van der Waals surface area contributed by atoms with E-state index in [1.807, 2.05) is 34.6 Å². The molecule has 0 spiro atoms. The molecule has 0 saturated carbocycles. The number of hydrogen-bond acceptors (Lipinski definition) is 5. The Morgan fingerprint density at radius 3 is 1.97 bits per heavy atom. The first-order valence-corrected chi connectivity index (χ1v) is 15.2. The highest BCUT2D eigenvalue weighted by Crippen LogP contribution is 2.37. The Labute approximate surface area is 224 Å². The van der Waals surface area contributed by atoms with Gasteiger partial charge >= 0.3 is 6.09 Å². The molecule has 1 atom stereocenters. The number of ether oxygens (including phenoxy) is 3.